The van der Waals surface area contributed by atoms with Crippen LogP contribution >= 0.6 is 0 Å². The number of hydrogen-bond acceptors (Lipinski definition) is 3. The molecule has 17 heavy (non-hydrogen) atoms. The second-order valence-corrected chi connectivity index (χ2v) is 5.18. The molecule has 0 aliphatic carbocycles. The van der Waals surface area contributed by atoms with Crippen LogP contribution in [0.1, 0.15) is 33.6 Å². The van der Waals surface area contributed by atoms with E-state index in [1.807, 2.05) is 6.92 Å². The quantitative estimate of drug-likeness (QED) is 0.682. The third-order valence-electron chi connectivity index (χ3n) is 2.97. The van der Waals surface area contributed by atoms with Crippen molar-refractivity contribution in [2.45, 2.75) is 44.7 Å². The highest BCUT2D eigenvalue weighted by atomic mass is 16.5. The number of ether oxygens (including phenoxy) is 1. The fraction of sp³-hybridized carbons (Fsp3) is 0.818. The summed E-state index contributed by atoms with van der Waals surface area (Å²) in [6.07, 6.45) is 1.46. The highest BCUT2D eigenvalue weighted by molar-refractivity contribution is 5.85. The Bertz CT molecular complexity index is 309. The molecule has 1 heterocycles. The molecule has 0 unspecified atom stereocenters. The number of nitrogens with one attached hydrogen (secondary N) is 2. The highest BCUT2D eigenvalue weighted by Gasteiger charge is 2.33. The van der Waals surface area contributed by atoms with Crippen molar-refractivity contribution in [3.63, 3.8) is 0 Å². The van der Waals surface area contributed by atoms with Gasteiger partial charge in [0.15, 0.2) is 0 Å². The van der Waals surface area contributed by atoms with Gasteiger partial charge in [-0.25, -0.2) is 9.59 Å². The lowest BCUT2D eigenvalue weighted by atomic mass is 9.93. The Morgan fingerprint density at radius 3 is 2.29 bits per heavy atom. The summed E-state index contributed by atoms with van der Waals surface area (Å²) in [4.78, 5) is 22.6. The molecule has 98 valence electrons. The molecule has 0 aromatic rings. The Balaban J connectivity index is 2.52. The third-order valence-corrected chi connectivity index (χ3v) is 2.97. The Morgan fingerprint density at radius 1 is 1.29 bits per heavy atom. The summed E-state index contributed by atoms with van der Waals surface area (Å²) in [5.41, 5.74) is -1.59. The van der Waals surface area contributed by atoms with E-state index >= 15 is 0 Å². The van der Waals surface area contributed by atoms with Crippen LogP contribution in [0.25, 0.3) is 0 Å². The molecule has 0 radical (unpaired) electrons. The zero-order valence-electron chi connectivity index (χ0n) is 10.5. The largest absolute Gasteiger partial charge is 0.480 e. The van der Waals surface area contributed by atoms with Gasteiger partial charge in [0, 0.05) is 18.8 Å². The Hall–Kier alpha value is -1.30. The summed E-state index contributed by atoms with van der Waals surface area (Å²) >= 11 is 0. The molecule has 3 N–H and O–H groups in total. The fourth-order valence-corrected chi connectivity index (χ4v) is 1.59. The zero-order chi connectivity index (χ0) is 13.1. The molecule has 1 fully saturated rings. The lowest BCUT2D eigenvalue weighted by Gasteiger charge is -2.35. The van der Waals surface area contributed by atoms with Crippen LogP contribution in [0.5, 0.6) is 0 Å². The number of aliphatic carboxylic acids is 1. The van der Waals surface area contributed by atoms with Crippen LogP contribution in [-0.2, 0) is 9.53 Å². The minimum atomic E-state index is -1.27. The van der Waals surface area contributed by atoms with Crippen molar-refractivity contribution in [3.8, 4) is 0 Å². The number of carbonyl (C=O) groups excluding carboxylic acids is 1. The minimum Gasteiger partial charge on any atom is -0.480 e. The van der Waals surface area contributed by atoms with Gasteiger partial charge in [0.2, 0.25) is 0 Å². The standard InChI is InChI=1S/C11H20N2O4/c1-10(2,8(14)15)12-9(16)13-11(3)4-6-17-7-5-11/h4-7H2,1-3H3,(H,14,15)(H2,12,13,16). The van der Waals surface area contributed by atoms with Crippen LogP contribution in [0, 0.1) is 0 Å². The van der Waals surface area contributed by atoms with Crippen molar-refractivity contribution >= 4 is 12.0 Å². The van der Waals surface area contributed by atoms with Gasteiger partial charge in [-0.3, -0.25) is 0 Å². The molecule has 2 amide bonds. The second kappa shape index (κ2) is 4.91. The summed E-state index contributed by atoms with van der Waals surface area (Å²) in [6.45, 7) is 6.05. The van der Waals surface area contributed by atoms with E-state index in [4.69, 9.17) is 9.84 Å². The molecule has 6 heteroatoms. The maximum atomic E-state index is 11.7. The van der Waals surface area contributed by atoms with Crippen LogP contribution < -0.4 is 10.6 Å². The Morgan fingerprint density at radius 2 is 1.82 bits per heavy atom. The molecule has 0 saturated carbocycles. The van der Waals surface area contributed by atoms with E-state index in [0.29, 0.717) is 13.2 Å². The van der Waals surface area contributed by atoms with Gasteiger partial charge in [-0.05, 0) is 33.6 Å². The van der Waals surface area contributed by atoms with E-state index in [1.54, 1.807) is 0 Å². The van der Waals surface area contributed by atoms with Gasteiger partial charge >= 0.3 is 12.0 Å². The monoisotopic (exact) mass is 244 g/mol. The lowest BCUT2D eigenvalue weighted by molar-refractivity contribution is -0.142. The number of hydrogen-bond donors (Lipinski definition) is 3. The first kappa shape index (κ1) is 13.8. The smallest absolute Gasteiger partial charge is 0.328 e. The maximum Gasteiger partial charge on any atom is 0.328 e. The molecular weight excluding hydrogens is 224 g/mol. The normalized spacial score (nSPS) is 19.5. The second-order valence-electron chi connectivity index (χ2n) is 5.18. The first-order chi connectivity index (χ1) is 7.75. The molecule has 1 aliphatic heterocycles. The average Bonchev–Trinajstić information content (AvgIpc) is 2.16. The number of carboxylic acids is 1. The van der Waals surface area contributed by atoms with Crippen LogP contribution in [0.3, 0.4) is 0 Å². The molecule has 1 aliphatic rings. The van der Waals surface area contributed by atoms with Gasteiger partial charge in [-0.15, -0.1) is 0 Å². The number of carboxylic acid groups (broad SMARTS) is 1. The summed E-state index contributed by atoms with van der Waals surface area (Å²) in [6, 6.07) is -0.457. The molecule has 0 aromatic heterocycles. The van der Waals surface area contributed by atoms with Crippen LogP contribution in [-0.4, -0.2) is 41.4 Å². The predicted molar refractivity (Wildman–Crippen MR) is 61.8 cm³/mol. The van der Waals surface area contributed by atoms with Gasteiger partial charge in [0.25, 0.3) is 0 Å². The van der Waals surface area contributed by atoms with Gasteiger partial charge in [0.05, 0.1) is 0 Å². The van der Waals surface area contributed by atoms with Gasteiger partial charge < -0.3 is 20.5 Å². The summed E-state index contributed by atoms with van der Waals surface area (Å²) in [5, 5.41) is 14.1. The van der Waals surface area contributed by atoms with E-state index in [9.17, 15) is 9.59 Å². The lowest BCUT2D eigenvalue weighted by Crippen LogP contribution is -2.59. The Kier molecular flexibility index (Phi) is 3.98. The van der Waals surface area contributed by atoms with Crippen molar-refractivity contribution in [2.24, 2.45) is 0 Å². The fourth-order valence-electron chi connectivity index (χ4n) is 1.59. The van der Waals surface area contributed by atoms with E-state index < -0.39 is 17.5 Å². The summed E-state index contributed by atoms with van der Waals surface area (Å²) < 4.78 is 5.22. The molecule has 1 rings (SSSR count). The van der Waals surface area contributed by atoms with E-state index in [0.717, 1.165) is 12.8 Å². The number of amides is 2. The summed E-state index contributed by atoms with van der Waals surface area (Å²) in [7, 11) is 0. The Labute approximate surface area is 101 Å². The topological polar surface area (TPSA) is 87.7 Å². The minimum absolute atomic E-state index is 0.323. The van der Waals surface area contributed by atoms with Crippen molar-refractivity contribution < 1.29 is 19.4 Å². The van der Waals surface area contributed by atoms with Crippen molar-refractivity contribution in [3.05, 3.63) is 0 Å². The average molecular weight is 244 g/mol. The molecule has 1 saturated heterocycles. The van der Waals surface area contributed by atoms with E-state index in [2.05, 4.69) is 10.6 Å². The van der Waals surface area contributed by atoms with E-state index in [-0.39, 0.29) is 5.54 Å². The first-order valence-electron chi connectivity index (χ1n) is 5.67. The first-order valence-corrected chi connectivity index (χ1v) is 5.67. The number of urea groups is 1. The summed E-state index contributed by atoms with van der Waals surface area (Å²) in [5.74, 6) is -1.07. The molecule has 0 spiro atoms. The highest BCUT2D eigenvalue weighted by Crippen LogP contribution is 2.19. The number of rotatable bonds is 3. The van der Waals surface area contributed by atoms with Crippen molar-refractivity contribution in [1.29, 1.82) is 0 Å². The maximum absolute atomic E-state index is 11.7. The number of carbonyl (C=O) groups is 2. The van der Waals surface area contributed by atoms with Gasteiger partial charge in [-0.1, -0.05) is 0 Å². The molecule has 0 aromatic carbocycles. The predicted octanol–water partition coefficient (Wildman–Crippen LogP) is 0.718. The van der Waals surface area contributed by atoms with Crippen LogP contribution in [0.2, 0.25) is 0 Å². The van der Waals surface area contributed by atoms with Gasteiger partial charge in [0.1, 0.15) is 5.54 Å². The molecule has 0 bridgehead atoms. The van der Waals surface area contributed by atoms with Crippen molar-refractivity contribution in [2.75, 3.05) is 13.2 Å². The zero-order valence-corrected chi connectivity index (χ0v) is 10.5. The third kappa shape index (κ3) is 3.89. The van der Waals surface area contributed by atoms with Crippen molar-refractivity contribution in [1.82, 2.24) is 10.6 Å². The molecule has 6 nitrogen and oxygen atoms in total. The molecule has 0 atom stereocenters. The van der Waals surface area contributed by atoms with E-state index in [1.165, 1.54) is 13.8 Å². The van der Waals surface area contributed by atoms with Crippen LogP contribution in [0.4, 0.5) is 4.79 Å². The molecular formula is C11H20N2O4. The van der Waals surface area contributed by atoms with Gasteiger partial charge in [-0.2, -0.15) is 0 Å². The van der Waals surface area contributed by atoms with Crippen LogP contribution in [0.15, 0.2) is 0 Å². The SMILES string of the molecule is CC1(NC(=O)NC(C)(C)C(=O)O)CCOCC1.